The van der Waals surface area contributed by atoms with Gasteiger partial charge in [-0.1, -0.05) is 12.1 Å². The number of hydrogen-bond acceptors (Lipinski definition) is 7. The minimum Gasteiger partial charge on any atom is -0.507 e. The van der Waals surface area contributed by atoms with E-state index in [1.54, 1.807) is 33.7 Å². The first kappa shape index (κ1) is 16.7. The summed E-state index contributed by atoms with van der Waals surface area (Å²) in [6.07, 6.45) is 5.33. The third kappa shape index (κ3) is 2.27. The van der Waals surface area contributed by atoms with E-state index in [0.29, 0.717) is 28.8 Å². The Morgan fingerprint density at radius 2 is 2.03 bits per heavy atom. The fraction of sp³-hybridized carbons (Fsp3) is 0.150. The van der Waals surface area contributed by atoms with Gasteiger partial charge in [0.05, 0.1) is 23.2 Å². The third-order valence-electron chi connectivity index (χ3n) is 5.32. The van der Waals surface area contributed by atoms with E-state index in [9.17, 15) is 5.11 Å². The maximum absolute atomic E-state index is 10.2. The molecule has 5 aromatic rings. The van der Waals surface area contributed by atoms with Gasteiger partial charge in [0, 0.05) is 30.1 Å². The highest BCUT2D eigenvalue weighted by molar-refractivity contribution is 5.70. The molecule has 0 saturated heterocycles. The Morgan fingerprint density at radius 1 is 1.17 bits per heavy atom. The van der Waals surface area contributed by atoms with Crippen LogP contribution in [0.4, 0.5) is 0 Å². The second-order valence-electron chi connectivity index (χ2n) is 7.23. The number of nitrogens with zero attached hydrogens (tertiary/aromatic N) is 7. The molecule has 6 rings (SSSR count). The number of phenolic OH excluding ortho intramolecular Hbond substituents is 1. The van der Waals surface area contributed by atoms with Gasteiger partial charge >= 0.3 is 0 Å². The molecule has 0 unspecified atom stereocenters. The highest BCUT2D eigenvalue weighted by Gasteiger charge is 2.37. The van der Waals surface area contributed by atoms with E-state index in [1.807, 2.05) is 32.4 Å². The summed E-state index contributed by atoms with van der Waals surface area (Å²) in [5.41, 5.74) is 4.69. The molecule has 10 nitrogen and oxygen atoms in total. The van der Waals surface area contributed by atoms with Gasteiger partial charge in [-0.2, -0.15) is 5.10 Å². The standard InChI is InChI=1S/C20H16N8O2/c1-10-14-15(11-7-22-27(2)8-11)16-18-23-17(12-5-3-4-6-13(12)29)26-28(18)9-21-19(16)30-20(14)25-24-10/h3-9,15,29H,1-2H3,(H,24,25)/t15-/m0/s1. The number of phenols is 1. The fourth-order valence-electron chi connectivity index (χ4n) is 3.96. The number of rotatable bonds is 2. The van der Waals surface area contributed by atoms with Crippen LogP contribution < -0.4 is 4.74 Å². The number of aromatic amines is 1. The molecule has 1 aromatic carbocycles. The Hall–Kier alpha value is -4.21. The molecule has 0 spiro atoms. The van der Waals surface area contributed by atoms with Crippen LogP contribution in [0.2, 0.25) is 0 Å². The number of aromatic hydroxyl groups is 1. The predicted octanol–water partition coefficient (Wildman–Crippen LogP) is 2.55. The van der Waals surface area contributed by atoms with Gasteiger partial charge < -0.3 is 9.84 Å². The minimum atomic E-state index is -0.228. The quantitative estimate of drug-likeness (QED) is 0.458. The molecule has 0 bridgehead atoms. The molecular formula is C20H16N8O2. The van der Waals surface area contributed by atoms with Gasteiger partial charge in [0.1, 0.15) is 12.1 Å². The molecule has 0 fully saturated rings. The van der Waals surface area contributed by atoms with Gasteiger partial charge in [0.15, 0.2) is 11.5 Å². The van der Waals surface area contributed by atoms with Gasteiger partial charge in [-0.25, -0.2) is 14.5 Å². The number of H-pyrrole nitrogens is 1. The molecule has 30 heavy (non-hydrogen) atoms. The SMILES string of the molecule is Cc1[nH]nc2c1[C@H](c1cnn(C)c1)c1c(ncn3nc(-c4ccccc4O)nc13)O2. The fourth-order valence-corrected chi connectivity index (χ4v) is 3.96. The maximum Gasteiger partial charge on any atom is 0.244 e. The molecule has 0 aliphatic carbocycles. The summed E-state index contributed by atoms with van der Waals surface area (Å²) in [6, 6.07) is 6.97. The van der Waals surface area contributed by atoms with Gasteiger partial charge in [-0.05, 0) is 19.1 Å². The molecule has 1 aliphatic heterocycles. The Kier molecular flexibility index (Phi) is 3.28. The van der Waals surface area contributed by atoms with Crippen LogP contribution in [-0.4, -0.2) is 44.7 Å². The van der Waals surface area contributed by atoms with E-state index in [4.69, 9.17) is 9.72 Å². The van der Waals surface area contributed by atoms with Crippen molar-refractivity contribution in [3.05, 3.63) is 65.4 Å². The lowest BCUT2D eigenvalue weighted by atomic mass is 9.86. The summed E-state index contributed by atoms with van der Waals surface area (Å²) >= 11 is 0. The molecule has 1 atom stereocenters. The number of benzene rings is 1. The van der Waals surface area contributed by atoms with Crippen molar-refractivity contribution >= 4 is 5.65 Å². The summed E-state index contributed by atoms with van der Waals surface area (Å²) in [7, 11) is 1.87. The van der Waals surface area contributed by atoms with Crippen LogP contribution in [-0.2, 0) is 7.05 Å². The highest BCUT2D eigenvalue weighted by Crippen LogP contribution is 2.48. The molecule has 4 aromatic heterocycles. The van der Waals surface area contributed by atoms with Crippen molar-refractivity contribution in [2.45, 2.75) is 12.8 Å². The van der Waals surface area contributed by atoms with Crippen molar-refractivity contribution in [3.8, 4) is 28.9 Å². The third-order valence-corrected chi connectivity index (χ3v) is 5.32. The first-order valence-electron chi connectivity index (χ1n) is 9.35. The average molecular weight is 400 g/mol. The molecule has 1 aliphatic rings. The minimum absolute atomic E-state index is 0.114. The number of ether oxygens (including phenoxy) is 1. The Bertz CT molecular complexity index is 1430. The van der Waals surface area contributed by atoms with Crippen LogP contribution in [0.25, 0.3) is 17.0 Å². The molecular weight excluding hydrogens is 384 g/mol. The highest BCUT2D eigenvalue weighted by atomic mass is 16.5. The molecule has 0 amide bonds. The summed E-state index contributed by atoms with van der Waals surface area (Å²) in [5.74, 6) is 1.21. The van der Waals surface area contributed by atoms with Crippen LogP contribution in [0.3, 0.4) is 0 Å². The van der Waals surface area contributed by atoms with Gasteiger partial charge in [0.2, 0.25) is 11.8 Å². The van der Waals surface area contributed by atoms with Gasteiger partial charge in [-0.3, -0.25) is 9.78 Å². The van der Waals surface area contributed by atoms with E-state index < -0.39 is 0 Å². The zero-order chi connectivity index (χ0) is 20.4. The zero-order valence-corrected chi connectivity index (χ0v) is 16.1. The normalized spacial score (nSPS) is 15.1. The molecule has 10 heteroatoms. The predicted molar refractivity (Wildman–Crippen MR) is 105 cm³/mol. The van der Waals surface area contributed by atoms with Crippen molar-refractivity contribution in [2.75, 3.05) is 0 Å². The van der Waals surface area contributed by atoms with Crippen molar-refractivity contribution in [1.82, 2.24) is 39.6 Å². The second-order valence-corrected chi connectivity index (χ2v) is 7.23. The van der Waals surface area contributed by atoms with Gasteiger partial charge in [-0.15, -0.1) is 10.2 Å². The Balaban J connectivity index is 1.64. The molecule has 0 saturated carbocycles. The van der Waals surface area contributed by atoms with Gasteiger partial charge in [0.25, 0.3) is 0 Å². The summed E-state index contributed by atoms with van der Waals surface area (Å²) in [5, 5.41) is 26.4. The van der Waals surface area contributed by atoms with E-state index in [0.717, 1.165) is 22.4 Å². The van der Waals surface area contributed by atoms with E-state index in [-0.39, 0.29) is 11.7 Å². The zero-order valence-electron chi connectivity index (χ0n) is 16.1. The molecule has 5 heterocycles. The van der Waals surface area contributed by atoms with Crippen LogP contribution in [0.5, 0.6) is 17.5 Å². The summed E-state index contributed by atoms with van der Waals surface area (Å²) in [4.78, 5) is 9.20. The lowest BCUT2D eigenvalue weighted by Gasteiger charge is -2.24. The number of aromatic nitrogens is 8. The van der Waals surface area contributed by atoms with E-state index >= 15 is 0 Å². The molecule has 0 radical (unpaired) electrons. The van der Waals surface area contributed by atoms with Crippen LogP contribution >= 0.6 is 0 Å². The largest absolute Gasteiger partial charge is 0.507 e. The first-order chi connectivity index (χ1) is 14.6. The summed E-state index contributed by atoms with van der Waals surface area (Å²) < 4.78 is 9.35. The summed E-state index contributed by atoms with van der Waals surface area (Å²) in [6.45, 7) is 1.95. The lowest BCUT2D eigenvalue weighted by molar-refractivity contribution is 0.416. The van der Waals surface area contributed by atoms with Crippen molar-refractivity contribution in [2.24, 2.45) is 7.05 Å². The van der Waals surface area contributed by atoms with Crippen LogP contribution in [0, 0.1) is 6.92 Å². The van der Waals surface area contributed by atoms with Crippen molar-refractivity contribution < 1.29 is 9.84 Å². The smallest absolute Gasteiger partial charge is 0.244 e. The average Bonchev–Trinajstić information content (AvgIpc) is 3.45. The maximum atomic E-state index is 10.2. The number of hydrogen-bond donors (Lipinski definition) is 2. The Morgan fingerprint density at radius 3 is 2.83 bits per heavy atom. The number of fused-ring (bicyclic) bond motifs is 4. The molecule has 148 valence electrons. The second kappa shape index (κ2) is 5.89. The number of nitrogens with one attached hydrogen (secondary N) is 1. The van der Waals surface area contributed by atoms with Crippen LogP contribution in [0.15, 0.2) is 43.0 Å². The number of para-hydroxylation sites is 1. The Labute approximate surface area is 169 Å². The lowest BCUT2D eigenvalue weighted by Crippen LogP contribution is -2.14. The first-order valence-corrected chi connectivity index (χ1v) is 9.35. The van der Waals surface area contributed by atoms with Crippen LogP contribution in [0.1, 0.15) is 28.3 Å². The molecule has 2 N–H and O–H groups in total. The van der Waals surface area contributed by atoms with E-state index in [2.05, 4.69) is 25.4 Å². The number of aryl methyl sites for hydroxylation is 2. The topological polar surface area (TPSA) is 119 Å². The van der Waals surface area contributed by atoms with Crippen molar-refractivity contribution in [3.63, 3.8) is 0 Å². The monoisotopic (exact) mass is 400 g/mol. The van der Waals surface area contributed by atoms with Crippen molar-refractivity contribution in [1.29, 1.82) is 0 Å². The van der Waals surface area contributed by atoms with E-state index in [1.165, 1.54) is 0 Å².